The number of rotatable bonds is 7. The summed E-state index contributed by atoms with van der Waals surface area (Å²) in [7, 11) is -3.25. The van der Waals surface area contributed by atoms with E-state index in [0.29, 0.717) is 39.4 Å². The Kier molecular flexibility index (Phi) is 8.42. The summed E-state index contributed by atoms with van der Waals surface area (Å²) in [4.78, 5) is 34.5. The fourth-order valence-electron chi connectivity index (χ4n) is 7.48. The number of nitrogens with one attached hydrogen (secondary N) is 1. The topological polar surface area (TPSA) is 99.3 Å². The first-order valence-electron chi connectivity index (χ1n) is 15.2. The summed E-state index contributed by atoms with van der Waals surface area (Å²) in [5.74, 6) is 0.799. The van der Waals surface area contributed by atoms with Crippen LogP contribution in [0, 0.1) is 11.3 Å². The minimum atomic E-state index is -3.25. The molecule has 0 bridgehead atoms. The monoisotopic (exact) mass is 594 g/mol. The first-order chi connectivity index (χ1) is 20.2. The van der Waals surface area contributed by atoms with Gasteiger partial charge >= 0.3 is 0 Å². The van der Waals surface area contributed by atoms with Crippen LogP contribution in [0.4, 0.5) is 0 Å². The Hall–Kier alpha value is -2.79. The van der Waals surface area contributed by atoms with Crippen molar-refractivity contribution in [3.63, 3.8) is 0 Å². The highest BCUT2D eigenvalue weighted by molar-refractivity contribution is 7.90. The van der Waals surface area contributed by atoms with Crippen LogP contribution in [0.2, 0.25) is 0 Å². The van der Waals surface area contributed by atoms with Crippen molar-refractivity contribution in [1.29, 1.82) is 0 Å². The first kappa shape index (κ1) is 29.3. The quantitative estimate of drug-likeness (QED) is 0.525. The molecule has 2 aromatic carbocycles. The standard InChI is InChI=1S/C32H42N4O5S/c1-42(39,40)26-9-7-24(8-10-26)23-36-16-13-32(31(36)38)11-14-34(15-12-32)29(30(37)35-17-19-41-20-18-35)28-22-33-21-27(28)25-5-3-2-4-6-25/h2-10,27-29,33H,11-23H2,1H3/t27-,28-,29?/m1/s1. The Morgan fingerprint density at radius 3 is 2.29 bits per heavy atom. The molecule has 4 fully saturated rings. The third-order valence-corrected chi connectivity index (χ3v) is 11.1. The number of amides is 2. The molecule has 4 heterocycles. The van der Waals surface area contributed by atoms with E-state index in [1.54, 1.807) is 24.3 Å². The molecule has 42 heavy (non-hydrogen) atoms. The van der Waals surface area contributed by atoms with E-state index >= 15 is 0 Å². The Labute approximate surface area is 249 Å². The molecule has 1 N–H and O–H groups in total. The molecule has 0 aromatic heterocycles. The summed E-state index contributed by atoms with van der Waals surface area (Å²) < 4.78 is 29.2. The summed E-state index contributed by atoms with van der Waals surface area (Å²) in [5.41, 5.74) is 1.82. The minimum absolute atomic E-state index is 0.155. The zero-order valence-corrected chi connectivity index (χ0v) is 25.2. The van der Waals surface area contributed by atoms with Gasteiger partial charge in [0.15, 0.2) is 9.84 Å². The van der Waals surface area contributed by atoms with Gasteiger partial charge in [-0.3, -0.25) is 14.5 Å². The van der Waals surface area contributed by atoms with Crippen LogP contribution in [-0.4, -0.2) is 106 Å². The van der Waals surface area contributed by atoms with Crippen molar-refractivity contribution in [3.8, 4) is 0 Å². The number of morpholine rings is 1. The van der Waals surface area contributed by atoms with E-state index in [1.807, 2.05) is 15.9 Å². The third-order valence-electron chi connectivity index (χ3n) is 9.94. The molecule has 0 aliphatic carbocycles. The van der Waals surface area contributed by atoms with Gasteiger partial charge < -0.3 is 19.9 Å². The lowest BCUT2D eigenvalue weighted by molar-refractivity contribution is -0.146. The van der Waals surface area contributed by atoms with Crippen molar-refractivity contribution < 1.29 is 22.7 Å². The molecule has 9 nitrogen and oxygen atoms in total. The maximum Gasteiger partial charge on any atom is 0.240 e. The number of likely N-dealkylation sites (tertiary alicyclic amines) is 2. The number of carbonyl (C=O) groups excluding carboxylic acids is 2. The van der Waals surface area contributed by atoms with Crippen LogP contribution in [0.5, 0.6) is 0 Å². The molecule has 2 amide bonds. The van der Waals surface area contributed by atoms with Gasteiger partial charge in [-0.25, -0.2) is 8.42 Å². The summed E-state index contributed by atoms with van der Waals surface area (Å²) >= 11 is 0. The number of carbonyl (C=O) groups is 2. The highest BCUT2D eigenvalue weighted by atomic mass is 32.2. The van der Waals surface area contributed by atoms with Crippen LogP contribution in [0.3, 0.4) is 0 Å². The summed E-state index contributed by atoms with van der Waals surface area (Å²) in [6.45, 7) is 6.70. The van der Waals surface area contributed by atoms with E-state index in [4.69, 9.17) is 4.74 Å². The molecule has 0 saturated carbocycles. The van der Waals surface area contributed by atoms with Gasteiger partial charge in [-0.2, -0.15) is 0 Å². The number of benzene rings is 2. The second-order valence-corrected chi connectivity index (χ2v) is 14.4. The Balaban J connectivity index is 1.16. The first-order valence-corrected chi connectivity index (χ1v) is 17.1. The normalized spacial score (nSPS) is 25.7. The average molecular weight is 595 g/mol. The molecule has 0 radical (unpaired) electrons. The smallest absolute Gasteiger partial charge is 0.240 e. The van der Waals surface area contributed by atoms with Crippen molar-refractivity contribution in [2.45, 2.75) is 42.7 Å². The van der Waals surface area contributed by atoms with E-state index in [9.17, 15) is 18.0 Å². The molecule has 2 aromatic rings. The summed E-state index contributed by atoms with van der Waals surface area (Å²) in [6, 6.07) is 17.1. The molecular weight excluding hydrogens is 552 g/mol. The van der Waals surface area contributed by atoms with E-state index in [0.717, 1.165) is 51.0 Å². The van der Waals surface area contributed by atoms with Crippen molar-refractivity contribution in [2.24, 2.45) is 11.3 Å². The van der Waals surface area contributed by atoms with Gasteiger partial charge in [0.25, 0.3) is 0 Å². The SMILES string of the molecule is CS(=O)(=O)c1ccc(CN2CCC3(CCN(C(C(=O)N4CCOCC4)[C@@H]4CNC[C@@H]4c4ccccc4)CC3)C2=O)cc1. The molecular formula is C32H42N4O5S. The minimum Gasteiger partial charge on any atom is -0.378 e. The number of sulfone groups is 1. The van der Waals surface area contributed by atoms with Gasteiger partial charge in [-0.05, 0) is 55.6 Å². The van der Waals surface area contributed by atoms with Crippen LogP contribution in [0.15, 0.2) is 59.5 Å². The van der Waals surface area contributed by atoms with Crippen molar-refractivity contribution in [2.75, 3.05) is 65.3 Å². The van der Waals surface area contributed by atoms with Crippen molar-refractivity contribution in [3.05, 3.63) is 65.7 Å². The van der Waals surface area contributed by atoms with E-state index in [1.165, 1.54) is 11.8 Å². The van der Waals surface area contributed by atoms with E-state index < -0.39 is 9.84 Å². The fourth-order valence-corrected chi connectivity index (χ4v) is 8.11. The second-order valence-electron chi connectivity index (χ2n) is 12.4. The van der Waals surface area contributed by atoms with Gasteiger partial charge in [0.1, 0.15) is 0 Å². The number of nitrogens with zero attached hydrogens (tertiary/aromatic N) is 3. The van der Waals surface area contributed by atoms with Gasteiger partial charge in [-0.15, -0.1) is 0 Å². The van der Waals surface area contributed by atoms with Gasteiger partial charge in [0, 0.05) is 57.4 Å². The lowest BCUT2D eigenvalue weighted by atomic mass is 9.75. The highest BCUT2D eigenvalue weighted by Gasteiger charge is 2.51. The molecule has 4 aliphatic heterocycles. The summed E-state index contributed by atoms with van der Waals surface area (Å²) in [5, 5.41) is 3.58. The predicted molar refractivity (Wildman–Crippen MR) is 160 cm³/mol. The van der Waals surface area contributed by atoms with Crippen LogP contribution in [0.25, 0.3) is 0 Å². The lowest BCUT2D eigenvalue weighted by Crippen LogP contribution is -2.58. The second kappa shape index (κ2) is 12.1. The van der Waals surface area contributed by atoms with Crippen LogP contribution in [0.1, 0.15) is 36.3 Å². The predicted octanol–water partition coefficient (Wildman–Crippen LogP) is 2.14. The lowest BCUT2D eigenvalue weighted by Gasteiger charge is -2.45. The highest BCUT2D eigenvalue weighted by Crippen LogP contribution is 2.44. The van der Waals surface area contributed by atoms with Gasteiger partial charge in [0.05, 0.1) is 29.6 Å². The van der Waals surface area contributed by atoms with Crippen LogP contribution >= 0.6 is 0 Å². The molecule has 10 heteroatoms. The number of piperidine rings is 1. The largest absolute Gasteiger partial charge is 0.378 e. The molecule has 6 rings (SSSR count). The van der Waals surface area contributed by atoms with E-state index in [-0.39, 0.29) is 40.0 Å². The number of hydrogen-bond acceptors (Lipinski definition) is 7. The van der Waals surface area contributed by atoms with Crippen LogP contribution in [-0.2, 0) is 30.7 Å². The van der Waals surface area contributed by atoms with Gasteiger partial charge in [0.2, 0.25) is 11.8 Å². The average Bonchev–Trinajstić information content (AvgIpc) is 3.60. The third kappa shape index (κ3) is 5.86. The Morgan fingerprint density at radius 1 is 0.952 bits per heavy atom. The maximum absolute atomic E-state index is 14.2. The molecule has 3 atom stereocenters. The number of hydrogen-bond donors (Lipinski definition) is 1. The van der Waals surface area contributed by atoms with E-state index in [2.05, 4.69) is 34.5 Å². The van der Waals surface area contributed by atoms with Crippen LogP contribution < -0.4 is 5.32 Å². The van der Waals surface area contributed by atoms with Crippen molar-refractivity contribution in [1.82, 2.24) is 20.0 Å². The Bertz CT molecular complexity index is 1370. The molecule has 4 saturated heterocycles. The Morgan fingerprint density at radius 2 is 1.62 bits per heavy atom. The molecule has 226 valence electrons. The zero-order valence-electron chi connectivity index (χ0n) is 24.4. The fraction of sp³-hybridized carbons (Fsp3) is 0.562. The van der Waals surface area contributed by atoms with Gasteiger partial charge in [-0.1, -0.05) is 42.5 Å². The zero-order chi connectivity index (χ0) is 29.3. The molecule has 4 aliphatic rings. The number of ether oxygens (including phenoxy) is 1. The maximum atomic E-state index is 14.2. The summed E-state index contributed by atoms with van der Waals surface area (Å²) in [6.07, 6.45) is 3.52. The molecule has 1 spiro atoms. The van der Waals surface area contributed by atoms with Crippen molar-refractivity contribution >= 4 is 21.7 Å². The molecule has 1 unspecified atom stereocenters.